The lowest BCUT2D eigenvalue weighted by Gasteiger charge is -2.30. The van der Waals surface area contributed by atoms with E-state index in [1.165, 1.54) is 12.8 Å². The summed E-state index contributed by atoms with van der Waals surface area (Å²) in [5.41, 5.74) is 4.99. The van der Waals surface area contributed by atoms with Crippen molar-refractivity contribution in [1.29, 1.82) is 0 Å². The van der Waals surface area contributed by atoms with Gasteiger partial charge in [-0.2, -0.15) is 0 Å². The number of carboxylic acids is 1. The summed E-state index contributed by atoms with van der Waals surface area (Å²) >= 11 is 0. The van der Waals surface area contributed by atoms with Gasteiger partial charge in [-0.15, -0.1) is 0 Å². The number of likely N-dealkylation sites (N-methyl/N-ethyl adjacent to an activating group) is 1. The van der Waals surface area contributed by atoms with Gasteiger partial charge in [0.1, 0.15) is 5.54 Å². The molecule has 0 aromatic heterocycles. The van der Waals surface area contributed by atoms with E-state index < -0.39 is 11.5 Å². The summed E-state index contributed by atoms with van der Waals surface area (Å²) in [6, 6.07) is 0. The molecule has 3 N–H and O–H groups in total. The first kappa shape index (κ1) is 10.9. The number of carbonyl (C=O) groups is 1. The largest absolute Gasteiger partial charge is 0.480 e. The van der Waals surface area contributed by atoms with Gasteiger partial charge in [0.25, 0.3) is 0 Å². The molecular formula is C11H20N2O2. The summed E-state index contributed by atoms with van der Waals surface area (Å²) < 4.78 is 0. The van der Waals surface area contributed by atoms with E-state index in [4.69, 9.17) is 5.73 Å². The smallest absolute Gasteiger partial charge is 0.325 e. The third-order valence-corrected chi connectivity index (χ3v) is 3.50. The molecule has 0 heterocycles. The van der Waals surface area contributed by atoms with Crippen molar-refractivity contribution in [3.63, 3.8) is 0 Å². The molecule has 86 valence electrons. The van der Waals surface area contributed by atoms with E-state index >= 15 is 0 Å². The summed E-state index contributed by atoms with van der Waals surface area (Å²) in [7, 11) is 1.98. The monoisotopic (exact) mass is 212 g/mol. The summed E-state index contributed by atoms with van der Waals surface area (Å²) in [5.74, 6) is 0.136. The molecular weight excluding hydrogens is 192 g/mol. The molecule has 0 bridgehead atoms. The standard InChI is InChI=1S/C11H20N2O2/c1-13(6-8-2-3-8)7-11(12,10(14)15)9-4-5-9/h8-9H,2-7,12H2,1H3,(H,14,15). The summed E-state index contributed by atoms with van der Waals surface area (Å²) in [5, 5.41) is 9.19. The van der Waals surface area contributed by atoms with Crippen LogP contribution in [-0.2, 0) is 4.79 Å². The Hall–Kier alpha value is -0.610. The molecule has 1 unspecified atom stereocenters. The van der Waals surface area contributed by atoms with E-state index in [-0.39, 0.29) is 5.92 Å². The highest BCUT2D eigenvalue weighted by molar-refractivity contribution is 5.79. The van der Waals surface area contributed by atoms with Crippen LogP contribution in [0.15, 0.2) is 0 Å². The minimum Gasteiger partial charge on any atom is -0.480 e. The van der Waals surface area contributed by atoms with Gasteiger partial charge in [-0.3, -0.25) is 4.79 Å². The van der Waals surface area contributed by atoms with Crippen molar-refractivity contribution in [2.45, 2.75) is 31.2 Å². The second kappa shape index (κ2) is 3.76. The molecule has 2 aliphatic carbocycles. The highest BCUT2D eigenvalue weighted by atomic mass is 16.4. The summed E-state index contributed by atoms with van der Waals surface area (Å²) in [6.07, 6.45) is 4.52. The number of carboxylic acid groups (broad SMARTS) is 1. The molecule has 0 aliphatic heterocycles. The van der Waals surface area contributed by atoms with E-state index in [9.17, 15) is 9.90 Å². The van der Waals surface area contributed by atoms with Crippen molar-refractivity contribution in [1.82, 2.24) is 4.90 Å². The van der Waals surface area contributed by atoms with Crippen molar-refractivity contribution >= 4 is 5.97 Å². The Morgan fingerprint density at radius 1 is 1.47 bits per heavy atom. The Balaban J connectivity index is 1.89. The minimum atomic E-state index is -1.01. The van der Waals surface area contributed by atoms with Gasteiger partial charge in [-0.25, -0.2) is 0 Å². The fourth-order valence-electron chi connectivity index (χ4n) is 2.22. The zero-order valence-corrected chi connectivity index (χ0v) is 9.28. The first-order valence-corrected chi connectivity index (χ1v) is 5.73. The SMILES string of the molecule is CN(CC1CC1)CC(N)(C(=O)O)C1CC1. The van der Waals surface area contributed by atoms with Crippen molar-refractivity contribution in [3.8, 4) is 0 Å². The lowest BCUT2D eigenvalue weighted by atomic mass is 9.94. The topological polar surface area (TPSA) is 66.6 Å². The predicted octanol–water partition coefficient (Wildman–Crippen LogP) is 0.520. The molecule has 0 aromatic carbocycles. The van der Waals surface area contributed by atoms with Crippen molar-refractivity contribution in [2.75, 3.05) is 20.1 Å². The van der Waals surface area contributed by atoms with E-state index in [1.807, 2.05) is 7.05 Å². The number of nitrogens with zero attached hydrogens (tertiary/aromatic N) is 1. The van der Waals surface area contributed by atoms with Crippen LogP contribution in [0.25, 0.3) is 0 Å². The molecule has 2 fully saturated rings. The molecule has 0 spiro atoms. The van der Waals surface area contributed by atoms with Gasteiger partial charge in [0, 0.05) is 13.1 Å². The maximum absolute atomic E-state index is 11.2. The van der Waals surface area contributed by atoms with Crippen molar-refractivity contribution < 1.29 is 9.90 Å². The van der Waals surface area contributed by atoms with Gasteiger partial charge in [-0.1, -0.05) is 0 Å². The Bertz CT molecular complexity index is 261. The van der Waals surface area contributed by atoms with Crippen LogP contribution in [0.5, 0.6) is 0 Å². The van der Waals surface area contributed by atoms with Crippen LogP contribution in [0.1, 0.15) is 25.7 Å². The lowest BCUT2D eigenvalue weighted by molar-refractivity contribution is -0.145. The van der Waals surface area contributed by atoms with E-state index in [0.29, 0.717) is 6.54 Å². The van der Waals surface area contributed by atoms with Crippen LogP contribution in [0, 0.1) is 11.8 Å². The lowest BCUT2D eigenvalue weighted by Crippen LogP contribution is -2.57. The number of hydrogen-bond donors (Lipinski definition) is 2. The van der Waals surface area contributed by atoms with E-state index in [0.717, 1.165) is 25.3 Å². The fourth-order valence-corrected chi connectivity index (χ4v) is 2.22. The second-order valence-electron chi connectivity index (χ2n) is 5.26. The van der Waals surface area contributed by atoms with E-state index in [2.05, 4.69) is 4.90 Å². The Kier molecular flexibility index (Phi) is 2.73. The molecule has 2 aliphatic rings. The molecule has 1 atom stereocenters. The third-order valence-electron chi connectivity index (χ3n) is 3.50. The van der Waals surface area contributed by atoms with Crippen LogP contribution in [0.2, 0.25) is 0 Å². The van der Waals surface area contributed by atoms with Gasteiger partial charge in [0.2, 0.25) is 0 Å². The van der Waals surface area contributed by atoms with Crippen molar-refractivity contribution in [2.24, 2.45) is 17.6 Å². The van der Waals surface area contributed by atoms with Crippen molar-refractivity contribution in [3.05, 3.63) is 0 Å². The maximum Gasteiger partial charge on any atom is 0.325 e. The van der Waals surface area contributed by atoms with Crippen LogP contribution < -0.4 is 5.73 Å². The number of aliphatic carboxylic acids is 1. The maximum atomic E-state index is 11.2. The summed E-state index contributed by atoms with van der Waals surface area (Å²) in [6.45, 7) is 1.49. The molecule has 0 saturated heterocycles. The van der Waals surface area contributed by atoms with Gasteiger partial charge < -0.3 is 15.7 Å². The zero-order valence-electron chi connectivity index (χ0n) is 9.28. The molecule has 0 amide bonds. The van der Waals surface area contributed by atoms with Crippen LogP contribution >= 0.6 is 0 Å². The van der Waals surface area contributed by atoms with Gasteiger partial charge in [-0.05, 0) is 44.6 Å². The first-order valence-electron chi connectivity index (χ1n) is 5.73. The molecule has 0 radical (unpaired) electrons. The Morgan fingerprint density at radius 3 is 2.47 bits per heavy atom. The van der Waals surface area contributed by atoms with E-state index in [1.54, 1.807) is 0 Å². The Labute approximate surface area is 90.4 Å². The highest BCUT2D eigenvalue weighted by Gasteiger charge is 2.49. The van der Waals surface area contributed by atoms with Gasteiger partial charge >= 0.3 is 5.97 Å². The Morgan fingerprint density at radius 2 is 2.07 bits per heavy atom. The molecule has 4 heteroatoms. The molecule has 15 heavy (non-hydrogen) atoms. The third kappa shape index (κ3) is 2.49. The van der Waals surface area contributed by atoms with Gasteiger partial charge in [0.05, 0.1) is 0 Å². The molecule has 2 rings (SSSR count). The minimum absolute atomic E-state index is 0.191. The average molecular weight is 212 g/mol. The first-order chi connectivity index (χ1) is 7.02. The predicted molar refractivity (Wildman–Crippen MR) is 57.5 cm³/mol. The zero-order chi connectivity index (χ0) is 11.1. The average Bonchev–Trinajstić information content (AvgIpc) is 2.98. The fraction of sp³-hybridized carbons (Fsp3) is 0.909. The molecule has 0 aromatic rings. The molecule has 2 saturated carbocycles. The normalized spacial score (nSPS) is 25.3. The second-order valence-corrected chi connectivity index (χ2v) is 5.26. The number of hydrogen-bond acceptors (Lipinski definition) is 3. The van der Waals surface area contributed by atoms with Crippen LogP contribution in [-0.4, -0.2) is 41.7 Å². The van der Waals surface area contributed by atoms with Crippen LogP contribution in [0.3, 0.4) is 0 Å². The number of rotatable bonds is 6. The molecule has 4 nitrogen and oxygen atoms in total. The quantitative estimate of drug-likeness (QED) is 0.673. The number of nitrogens with two attached hydrogens (primary N) is 1. The highest BCUT2D eigenvalue weighted by Crippen LogP contribution is 2.39. The van der Waals surface area contributed by atoms with Gasteiger partial charge in [0.15, 0.2) is 0 Å². The van der Waals surface area contributed by atoms with Crippen LogP contribution in [0.4, 0.5) is 0 Å². The summed E-state index contributed by atoms with van der Waals surface area (Å²) in [4.78, 5) is 13.3.